The van der Waals surface area contributed by atoms with Crippen molar-refractivity contribution >= 4 is 5.91 Å². The first-order valence-corrected chi connectivity index (χ1v) is 7.59. The summed E-state index contributed by atoms with van der Waals surface area (Å²) in [5, 5.41) is 3.41. The quantitative estimate of drug-likeness (QED) is 0.767. The van der Waals surface area contributed by atoms with Gasteiger partial charge in [-0.15, -0.1) is 0 Å². The Labute approximate surface area is 118 Å². The molecule has 1 aliphatic heterocycles. The molecule has 4 nitrogen and oxygen atoms in total. The van der Waals surface area contributed by atoms with Crippen LogP contribution in [0, 0.1) is 5.92 Å². The Bertz CT molecular complexity index is 291. The van der Waals surface area contributed by atoms with E-state index in [1.807, 2.05) is 11.8 Å². The monoisotopic (exact) mass is 269 g/mol. The lowest BCUT2D eigenvalue weighted by molar-refractivity contribution is -0.130. The van der Waals surface area contributed by atoms with Crippen molar-refractivity contribution in [2.24, 2.45) is 5.92 Å². The van der Waals surface area contributed by atoms with Crippen LogP contribution in [0.4, 0.5) is 0 Å². The highest BCUT2D eigenvalue weighted by Crippen LogP contribution is 2.17. The van der Waals surface area contributed by atoms with Crippen molar-refractivity contribution in [2.75, 3.05) is 20.1 Å². The molecule has 0 aromatic carbocycles. The van der Waals surface area contributed by atoms with Crippen LogP contribution in [0.15, 0.2) is 0 Å². The third kappa shape index (κ3) is 4.77. The number of rotatable bonds is 7. The predicted molar refractivity (Wildman–Crippen MR) is 79.9 cm³/mol. The molecule has 1 fully saturated rings. The summed E-state index contributed by atoms with van der Waals surface area (Å²) < 4.78 is 0. The van der Waals surface area contributed by atoms with Crippen LogP contribution in [-0.4, -0.2) is 54.1 Å². The number of carbonyl (C=O) groups excluding carboxylic acids is 1. The Hall–Kier alpha value is -0.610. The predicted octanol–water partition coefficient (Wildman–Crippen LogP) is 1.91. The average molecular weight is 269 g/mol. The van der Waals surface area contributed by atoms with Gasteiger partial charge >= 0.3 is 0 Å². The van der Waals surface area contributed by atoms with E-state index in [2.05, 4.69) is 45.0 Å². The molecule has 4 heteroatoms. The van der Waals surface area contributed by atoms with E-state index < -0.39 is 0 Å². The van der Waals surface area contributed by atoms with Crippen molar-refractivity contribution < 1.29 is 4.79 Å². The Morgan fingerprint density at radius 2 is 1.95 bits per heavy atom. The second-order valence-corrected chi connectivity index (χ2v) is 6.49. The Kier molecular flexibility index (Phi) is 6.27. The van der Waals surface area contributed by atoms with Crippen LogP contribution in [0.5, 0.6) is 0 Å². The molecule has 0 radical (unpaired) electrons. The van der Waals surface area contributed by atoms with Crippen molar-refractivity contribution in [1.82, 2.24) is 15.1 Å². The maximum atomic E-state index is 12.2. The van der Waals surface area contributed by atoms with Crippen molar-refractivity contribution in [2.45, 2.75) is 65.7 Å². The molecule has 0 aliphatic carbocycles. The summed E-state index contributed by atoms with van der Waals surface area (Å²) in [6.45, 7) is 12.7. The summed E-state index contributed by atoms with van der Waals surface area (Å²) in [5.74, 6) is 0.870. The van der Waals surface area contributed by atoms with Crippen LogP contribution in [0.2, 0.25) is 0 Å². The summed E-state index contributed by atoms with van der Waals surface area (Å²) in [5.41, 5.74) is 0. The molecule has 0 aromatic heterocycles. The van der Waals surface area contributed by atoms with Gasteiger partial charge in [-0.2, -0.15) is 0 Å². The number of carbonyl (C=O) groups is 1. The molecule has 19 heavy (non-hydrogen) atoms. The zero-order chi connectivity index (χ0) is 14.6. The summed E-state index contributed by atoms with van der Waals surface area (Å²) in [6, 6.07) is 0.546. The summed E-state index contributed by atoms with van der Waals surface area (Å²) in [7, 11) is 2.14. The van der Waals surface area contributed by atoms with Gasteiger partial charge in [0.2, 0.25) is 5.91 Å². The number of nitrogens with one attached hydrogen (secondary N) is 1. The van der Waals surface area contributed by atoms with E-state index >= 15 is 0 Å². The molecule has 112 valence electrons. The van der Waals surface area contributed by atoms with Gasteiger partial charge in [-0.1, -0.05) is 13.8 Å². The van der Waals surface area contributed by atoms with Gasteiger partial charge in [0.15, 0.2) is 0 Å². The van der Waals surface area contributed by atoms with Gasteiger partial charge in [-0.05, 0) is 53.1 Å². The van der Waals surface area contributed by atoms with Gasteiger partial charge in [0.25, 0.3) is 0 Å². The molecular formula is C15H31N3O. The lowest BCUT2D eigenvalue weighted by Gasteiger charge is -2.27. The molecule has 1 saturated heterocycles. The lowest BCUT2D eigenvalue weighted by atomic mass is 10.1. The van der Waals surface area contributed by atoms with Crippen LogP contribution < -0.4 is 5.32 Å². The Morgan fingerprint density at radius 1 is 1.32 bits per heavy atom. The molecule has 2 atom stereocenters. The van der Waals surface area contributed by atoms with Crippen LogP contribution in [0.1, 0.15) is 47.5 Å². The fourth-order valence-electron chi connectivity index (χ4n) is 2.51. The van der Waals surface area contributed by atoms with Gasteiger partial charge in [-0.25, -0.2) is 0 Å². The average Bonchev–Trinajstić information content (AvgIpc) is 2.55. The Morgan fingerprint density at radius 3 is 2.47 bits per heavy atom. The Balaban J connectivity index is 2.46. The fraction of sp³-hybridized carbons (Fsp3) is 0.933. The van der Waals surface area contributed by atoms with Crippen molar-refractivity contribution in [3.63, 3.8) is 0 Å². The summed E-state index contributed by atoms with van der Waals surface area (Å²) in [6.07, 6.45) is 2.31. The molecule has 0 saturated carbocycles. The van der Waals surface area contributed by atoms with Gasteiger partial charge in [0, 0.05) is 12.6 Å². The number of amides is 1. The second-order valence-electron chi connectivity index (χ2n) is 6.49. The molecule has 0 spiro atoms. The number of hydrogen-bond donors (Lipinski definition) is 1. The molecule has 1 amide bonds. The van der Waals surface area contributed by atoms with E-state index in [1.165, 1.54) is 0 Å². The van der Waals surface area contributed by atoms with Crippen molar-refractivity contribution in [1.29, 1.82) is 0 Å². The van der Waals surface area contributed by atoms with Gasteiger partial charge in [0.1, 0.15) is 0 Å². The largest absolute Gasteiger partial charge is 0.326 e. The van der Waals surface area contributed by atoms with E-state index in [1.54, 1.807) is 0 Å². The van der Waals surface area contributed by atoms with Crippen LogP contribution in [-0.2, 0) is 4.79 Å². The standard InChI is InChI=1S/C15H31N3O/c1-11(2)10-14-16-13(5)15(19)18(14)9-7-8-17(6)12(3)4/h11-14,16H,7-10H2,1-6H3. The molecule has 1 aliphatic rings. The number of hydrogen-bond acceptors (Lipinski definition) is 3. The van der Waals surface area contributed by atoms with Crippen LogP contribution >= 0.6 is 0 Å². The number of nitrogens with zero attached hydrogens (tertiary/aromatic N) is 2. The highest BCUT2D eigenvalue weighted by Gasteiger charge is 2.35. The van der Waals surface area contributed by atoms with E-state index in [0.717, 1.165) is 25.9 Å². The minimum absolute atomic E-state index is 0.0217. The van der Waals surface area contributed by atoms with E-state index in [-0.39, 0.29) is 18.1 Å². The molecular weight excluding hydrogens is 238 g/mol. The minimum atomic E-state index is -0.0217. The fourth-order valence-corrected chi connectivity index (χ4v) is 2.51. The topological polar surface area (TPSA) is 35.6 Å². The second kappa shape index (κ2) is 7.25. The van der Waals surface area contributed by atoms with Crippen molar-refractivity contribution in [3.05, 3.63) is 0 Å². The highest BCUT2D eigenvalue weighted by molar-refractivity contribution is 5.83. The van der Waals surface area contributed by atoms with E-state index in [4.69, 9.17) is 0 Å². The zero-order valence-electron chi connectivity index (χ0n) is 13.4. The highest BCUT2D eigenvalue weighted by atomic mass is 16.2. The third-order valence-corrected chi connectivity index (χ3v) is 3.96. The summed E-state index contributed by atoms with van der Waals surface area (Å²) >= 11 is 0. The smallest absolute Gasteiger partial charge is 0.240 e. The molecule has 1 rings (SSSR count). The van der Waals surface area contributed by atoms with E-state index in [9.17, 15) is 4.79 Å². The first-order valence-electron chi connectivity index (χ1n) is 7.59. The van der Waals surface area contributed by atoms with Gasteiger partial charge in [-0.3, -0.25) is 10.1 Å². The zero-order valence-corrected chi connectivity index (χ0v) is 13.4. The van der Waals surface area contributed by atoms with E-state index in [0.29, 0.717) is 12.0 Å². The maximum absolute atomic E-state index is 12.2. The lowest BCUT2D eigenvalue weighted by Crippen LogP contribution is -2.40. The van der Waals surface area contributed by atoms with Crippen LogP contribution in [0.25, 0.3) is 0 Å². The third-order valence-electron chi connectivity index (χ3n) is 3.96. The molecule has 1 N–H and O–H groups in total. The molecule has 2 unspecified atom stereocenters. The van der Waals surface area contributed by atoms with Crippen LogP contribution in [0.3, 0.4) is 0 Å². The normalized spacial score (nSPS) is 24.3. The molecule has 1 heterocycles. The SMILES string of the molecule is CC(C)CC1NC(C)C(=O)N1CCCN(C)C(C)C. The van der Waals surface area contributed by atoms with Gasteiger partial charge < -0.3 is 9.80 Å². The summed E-state index contributed by atoms with van der Waals surface area (Å²) in [4.78, 5) is 16.5. The first-order chi connectivity index (χ1) is 8.82. The first kappa shape index (κ1) is 16.4. The maximum Gasteiger partial charge on any atom is 0.240 e. The van der Waals surface area contributed by atoms with Crippen molar-refractivity contribution in [3.8, 4) is 0 Å². The minimum Gasteiger partial charge on any atom is -0.326 e. The molecule has 0 bridgehead atoms. The molecule has 0 aromatic rings. The van der Waals surface area contributed by atoms with Gasteiger partial charge in [0.05, 0.1) is 12.2 Å².